The number of nitrogens with two attached hydrogens (primary N) is 1. The molecule has 0 aromatic heterocycles. The maximum Gasteiger partial charge on any atom is 0.259 e. The van der Waals surface area contributed by atoms with E-state index in [0.29, 0.717) is 13.1 Å². The summed E-state index contributed by atoms with van der Waals surface area (Å²) in [6.45, 7) is 4.86. The topological polar surface area (TPSA) is 90.3 Å². The van der Waals surface area contributed by atoms with Crippen LogP contribution in [0, 0.1) is 11.3 Å². The second-order valence-corrected chi connectivity index (χ2v) is 4.25. The van der Waals surface area contributed by atoms with Gasteiger partial charge in [-0.2, -0.15) is 5.26 Å². The lowest BCUT2D eigenvalue weighted by atomic mass is 9.94. The molecule has 1 rings (SSSR count). The minimum Gasteiger partial charge on any atom is -0.390 e. The zero-order valence-electron chi connectivity index (χ0n) is 8.90. The van der Waals surface area contributed by atoms with Gasteiger partial charge in [0, 0.05) is 18.6 Å². The Morgan fingerprint density at radius 2 is 2.20 bits per heavy atom. The van der Waals surface area contributed by atoms with E-state index in [1.807, 2.05) is 18.7 Å². The number of carbonyl (C=O) groups excluding carboxylic acids is 1. The first-order chi connectivity index (χ1) is 6.86. The highest BCUT2D eigenvalue weighted by Gasteiger charge is 2.35. The Balaban J connectivity index is 2.78. The highest BCUT2D eigenvalue weighted by Crippen LogP contribution is 2.24. The zero-order valence-corrected chi connectivity index (χ0v) is 8.90. The second kappa shape index (κ2) is 4.01. The minimum absolute atomic E-state index is 0.0404. The summed E-state index contributed by atoms with van der Waals surface area (Å²) in [6.07, 6.45) is 1.23. The average Bonchev–Trinajstić information content (AvgIpc) is 2.08. The molecular formula is C10H15N3O2. The normalized spacial score (nSPS) is 19.5. The van der Waals surface area contributed by atoms with Crippen LogP contribution in [0.15, 0.2) is 11.6 Å². The number of aliphatic hydroxyl groups is 1. The van der Waals surface area contributed by atoms with Crippen molar-refractivity contribution in [2.24, 2.45) is 5.73 Å². The molecule has 0 aliphatic carbocycles. The molecule has 1 saturated heterocycles. The van der Waals surface area contributed by atoms with Crippen LogP contribution in [0.2, 0.25) is 0 Å². The monoisotopic (exact) mass is 209 g/mol. The number of rotatable bonds is 3. The van der Waals surface area contributed by atoms with E-state index in [1.54, 1.807) is 12.1 Å². The molecule has 0 aromatic carbocycles. The summed E-state index contributed by atoms with van der Waals surface area (Å²) in [4.78, 5) is 12.8. The summed E-state index contributed by atoms with van der Waals surface area (Å²) in [5.74, 6) is -0.716. The molecule has 82 valence electrons. The van der Waals surface area contributed by atoms with Crippen LogP contribution in [0.25, 0.3) is 0 Å². The molecule has 1 aliphatic rings. The molecule has 1 aliphatic heterocycles. The highest BCUT2D eigenvalue weighted by atomic mass is 16.3. The third kappa shape index (κ3) is 2.55. The van der Waals surface area contributed by atoms with Gasteiger partial charge in [-0.05, 0) is 19.9 Å². The molecule has 1 fully saturated rings. The van der Waals surface area contributed by atoms with E-state index in [1.165, 1.54) is 0 Å². The highest BCUT2D eigenvalue weighted by molar-refractivity contribution is 5.96. The molecule has 0 radical (unpaired) electrons. The number of nitrogens with zero attached hydrogens (tertiary/aromatic N) is 2. The molecule has 5 heteroatoms. The molecule has 3 N–H and O–H groups in total. The Kier molecular flexibility index (Phi) is 3.12. The predicted molar refractivity (Wildman–Crippen MR) is 54.5 cm³/mol. The number of primary amides is 1. The fraction of sp³-hybridized carbons (Fsp3) is 0.600. The Morgan fingerprint density at radius 1 is 1.67 bits per heavy atom. The molecule has 1 amide bonds. The fourth-order valence-corrected chi connectivity index (χ4v) is 1.53. The van der Waals surface area contributed by atoms with Crippen molar-refractivity contribution >= 4 is 5.91 Å². The van der Waals surface area contributed by atoms with Crippen LogP contribution in [0.5, 0.6) is 0 Å². The van der Waals surface area contributed by atoms with E-state index in [2.05, 4.69) is 0 Å². The largest absolute Gasteiger partial charge is 0.390 e. The Bertz CT molecular complexity index is 335. The second-order valence-electron chi connectivity index (χ2n) is 4.25. The van der Waals surface area contributed by atoms with Gasteiger partial charge in [0.25, 0.3) is 5.91 Å². The van der Waals surface area contributed by atoms with Crippen molar-refractivity contribution in [2.75, 3.05) is 13.1 Å². The van der Waals surface area contributed by atoms with Gasteiger partial charge in [0.15, 0.2) is 0 Å². The fourth-order valence-electron chi connectivity index (χ4n) is 1.53. The third-order valence-corrected chi connectivity index (χ3v) is 2.56. The first-order valence-corrected chi connectivity index (χ1v) is 4.72. The van der Waals surface area contributed by atoms with Crippen molar-refractivity contribution in [3.63, 3.8) is 0 Å². The number of β-amino-alcohol motifs (C(OH)–C–C–N with tert-alkyl or cyclic N) is 1. The molecule has 0 atom stereocenters. The number of amides is 1. The Hall–Kier alpha value is -1.38. The number of likely N-dealkylation sites (tertiary alicyclic amines) is 1. The summed E-state index contributed by atoms with van der Waals surface area (Å²) < 4.78 is 0. The quantitative estimate of drug-likeness (QED) is 0.478. The van der Waals surface area contributed by atoms with Crippen LogP contribution < -0.4 is 5.73 Å². The lowest BCUT2D eigenvalue weighted by Crippen LogP contribution is -2.59. The van der Waals surface area contributed by atoms with Gasteiger partial charge in [-0.25, -0.2) is 0 Å². The number of carbonyl (C=O) groups is 1. The summed E-state index contributed by atoms with van der Waals surface area (Å²) in [5, 5.41) is 17.9. The average molecular weight is 209 g/mol. The van der Waals surface area contributed by atoms with Crippen LogP contribution in [0.4, 0.5) is 0 Å². The third-order valence-electron chi connectivity index (χ3n) is 2.56. The van der Waals surface area contributed by atoms with Crippen LogP contribution in [-0.4, -0.2) is 40.6 Å². The summed E-state index contributed by atoms with van der Waals surface area (Å²) in [5.41, 5.74) is 4.57. The maximum absolute atomic E-state index is 10.9. The summed E-state index contributed by atoms with van der Waals surface area (Å²) >= 11 is 0. The van der Waals surface area contributed by atoms with E-state index in [-0.39, 0.29) is 11.7 Å². The van der Waals surface area contributed by atoms with Gasteiger partial charge in [0.05, 0.1) is 6.10 Å². The van der Waals surface area contributed by atoms with E-state index >= 15 is 0 Å². The maximum atomic E-state index is 10.9. The zero-order chi connectivity index (χ0) is 11.6. The van der Waals surface area contributed by atoms with Crippen LogP contribution in [0.3, 0.4) is 0 Å². The molecule has 0 spiro atoms. The number of hydrogen-bond acceptors (Lipinski definition) is 4. The molecule has 0 unspecified atom stereocenters. The van der Waals surface area contributed by atoms with Crippen LogP contribution in [0.1, 0.15) is 13.8 Å². The van der Waals surface area contributed by atoms with Gasteiger partial charge in [-0.3, -0.25) is 9.69 Å². The van der Waals surface area contributed by atoms with Crippen molar-refractivity contribution in [1.82, 2.24) is 4.90 Å². The standard InChI is InChI=1S/C10H15N3O2/c1-10(2,13-5-8(14)6-13)3-7(4-11)9(12)15/h3,8,14H,5-6H2,1-2H3,(H2,12,15). The smallest absolute Gasteiger partial charge is 0.259 e. The Labute approximate surface area is 88.8 Å². The number of hydrogen-bond donors (Lipinski definition) is 2. The van der Waals surface area contributed by atoms with Crippen molar-refractivity contribution in [2.45, 2.75) is 25.5 Å². The molecular weight excluding hydrogens is 194 g/mol. The predicted octanol–water partition coefficient (Wildman–Crippen LogP) is -0.623. The van der Waals surface area contributed by atoms with Gasteiger partial charge < -0.3 is 10.8 Å². The van der Waals surface area contributed by atoms with E-state index in [0.717, 1.165) is 0 Å². The van der Waals surface area contributed by atoms with Gasteiger partial charge in [0.2, 0.25) is 0 Å². The first kappa shape index (κ1) is 11.7. The SMILES string of the molecule is CC(C)(C=C(C#N)C(N)=O)N1CC(O)C1. The molecule has 0 saturated carbocycles. The van der Waals surface area contributed by atoms with Crippen LogP contribution >= 0.6 is 0 Å². The lowest BCUT2D eigenvalue weighted by molar-refractivity contribution is -0.114. The van der Waals surface area contributed by atoms with Crippen molar-refractivity contribution in [3.05, 3.63) is 11.6 Å². The Morgan fingerprint density at radius 3 is 2.53 bits per heavy atom. The van der Waals surface area contributed by atoms with Gasteiger partial charge in [0.1, 0.15) is 11.6 Å². The van der Waals surface area contributed by atoms with Gasteiger partial charge >= 0.3 is 0 Å². The van der Waals surface area contributed by atoms with E-state index in [4.69, 9.17) is 16.1 Å². The molecule has 15 heavy (non-hydrogen) atoms. The first-order valence-electron chi connectivity index (χ1n) is 4.72. The van der Waals surface area contributed by atoms with Crippen molar-refractivity contribution in [1.29, 1.82) is 5.26 Å². The molecule has 0 bridgehead atoms. The van der Waals surface area contributed by atoms with Crippen molar-refractivity contribution in [3.8, 4) is 6.07 Å². The van der Waals surface area contributed by atoms with Gasteiger partial charge in [-0.15, -0.1) is 0 Å². The molecule has 1 heterocycles. The molecule has 5 nitrogen and oxygen atoms in total. The summed E-state index contributed by atoms with van der Waals surface area (Å²) in [7, 11) is 0. The molecule has 0 aromatic rings. The summed E-state index contributed by atoms with van der Waals surface area (Å²) in [6, 6.07) is 1.77. The van der Waals surface area contributed by atoms with Crippen molar-refractivity contribution < 1.29 is 9.90 Å². The lowest BCUT2D eigenvalue weighted by Gasteiger charge is -2.45. The van der Waals surface area contributed by atoms with E-state index in [9.17, 15) is 4.79 Å². The van der Waals surface area contributed by atoms with Gasteiger partial charge in [-0.1, -0.05) is 0 Å². The minimum atomic E-state index is -0.716. The van der Waals surface area contributed by atoms with E-state index < -0.39 is 11.4 Å². The number of nitriles is 1. The van der Waals surface area contributed by atoms with Crippen LogP contribution in [-0.2, 0) is 4.79 Å². The number of aliphatic hydroxyl groups excluding tert-OH is 1.